The number of nitrogens with zero attached hydrogens (tertiary/aromatic N) is 6. The summed E-state index contributed by atoms with van der Waals surface area (Å²) in [4.78, 5) is 19.9. The number of hydrogen-bond acceptors (Lipinski definition) is 11. The molecule has 1 aliphatic carbocycles. The Balaban J connectivity index is 1.34. The summed E-state index contributed by atoms with van der Waals surface area (Å²) in [5, 5.41) is 13.0. The van der Waals surface area contributed by atoms with Crippen molar-refractivity contribution in [2.45, 2.75) is 37.8 Å². The number of pyridine rings is 2. The van der Waals surface area contributed by atoms with Crippen LogP contribution in [0, 0.1) is 11.3 Å². The minimum absolute atomic E-state index is 0.0634. The Morgan fingerprint density at radius 1 is 1.14 bits per heavy atom. The molecule has 4 heterocycles. The fourth-order valence-corrected chi connectivity index (χ4v) is 5.09. The number of nitriles is 1. The van der Waals surface area contributed by atoms with Gasteiger partial charge in [0.05, 0.1) is 42.3 Å². The highest BCUT2D eigenvalue weighted by Gasteiger charge is 2.25. The number of anilines is 3. The molecule has 0 amide bonds. The number of aromatic nitrogens is 4. The third-order valence-electron chi connectivity index (χ3n) is 6.33. The standard InChI is InChI=1S/C24H28N8O4S/c1-37(33,34)31-18-12-20-21(27-15-18)13-22(32-8-10-35-11-9-32)30-23(20)36-19-4-2-16(3-5-19)28-24-26-7-6-17(14-25)29-24/h6-7,12-13,15-16,19,31H,2-5,8-11H2,1H3,(H,26,28,29). The fraction of sp³-hybridized carbons (Fsp3) is 0.458. The zero-order chi connectivity index (χ0) is 25.8. The maximum atomic E-state index is 11.8. The van der Waals surface area contributed by atoms with Gasteiger partial charge in [0, 0.05) is 31.4 Å². The SMILES string of the molecule is CS(=O)(=O)Nc1cnc2cc(N3CCOCC3)nc(OC3CCC(Nc4nccc(C#N)n4)CC3)c2c1. The Kier molecular flexibility index (Phi) is 7.20. The molecule has 0 spiro atoms. The van der Waals surface area contributed by atoms with Gasteiger partial charge in [0.25, 0.3) is 0 Å². The van der Waals surface area contributed by atoms with Crippen molar-refractivity contribution in [1.29, 1.82) is 5.26 Å². The van der Waals surface area contributed by atoms with Gasteiger partial charge in [0.15, 0.2) is 0 Å². The highest BCUT2D eigenvalue weighted by atomic mass is 32.2. The molecule has 2 fully saturated rings. The molecule has 3 aromatic heterocycles. The van der Waals surface area contributed by atoms with Crippen molar-refractivity contribution in [1.82, 2.24) is 19.9 Å². The molecular formula is C24H28N8O4S. The summed E-state index contributed by atoms with van der Waals surface area (Å²) in [7, 11) is -3.46. The second-order valence-corrected chi connectivity index (χ2v) is 10.9. The monoisotopic (exact) mass is 524 g/mol. The van der Waals surface area contributed by atoms with E-state index in [1.807, 2.05) is 12.1 Å². The van der Waals surface area contributed by atoms with Gasteiger partial charge in [0.2, 0.25) is 21.9 Å². The van der Waals surface area contributed by atoms with Crippen LogP contribution in [0.25, 0.3) is 10.9 Å². The predicted molar refractivity (Wildman–Crippen MR) is 138 cm³/mol. The summed E-state index contributed by atoms with van der Waals surface area (Å²) in [6.45, 7) is 2.69. The number of ether oxygens (including phenoxy) is 2. The molecule has 12 nitrogen and oxygen atoms in total. The van der Waals surface area contributed by atoms with E-state index < -0.39 is 10.0 Å². The number of nitrogens with one attached hydrogen (secondary N) is 2. The first-order valence-corrected chi connectivity index (χ1v) is 14.0. The van der Waals surface area contributed by atoms with E-state index in [0.717, 1.165) is 50.8 Å². The van der Waals surface area contributed by atoms with E-state index in [-0.39, 0.29) is 12.1 Å². The zero-order valence-corrected chi connectivity index (χ0v) is 21.2. The largest absolute Gasteiger partial charge is 0.474 e. The molecule has 194 valence electrons. The van der Waals surface area contributed by atoms with Gasteiger partial charge in [-0.1, -0.05) is 0 Å². The summed E-state index contributed by atoms with van der Waals surface area (Å²) >= 11 is 0. The second-order valence-electron chi connectivity index (χ2n) is 9.16. The molecular weight excluding hydrogens is 496 g/mol. The molecule has 1 saturated carbocycles. The van der Waals surface area contributed by atoms with Crippen LogP contribution in [0.5, 0.6) is 5.88 Å². The Hall–Kier alpha value is -3.76. The molecule has 3 aromatic rings. The minimum Gasteiger partial charge on any atom is -0.474 e. The van der Waals surface area contributed by atoms with Gasteiger partial charge >= 0.3 is 0 Å². The number of sulfonamides is 1. The lowest BCUT2D eigenvalue weighted by atomic mass is 9.93. The van der Waals surface area contributed by atoms with Gasteiger partial charge in [-0.3, -0.25) is 9.71 Å². The maximum Gasteiger partial charge on any atom is 0.229 e. The predicted octanol–water partition coefficient (Wildman–Crippen LogP) is 2.30. The molecule has 1 saturated heterocycles. The van der Waals surface area contributed by atoms with E-state index in [0.29, 0.717) is 47.3 Å². The van der Waals surface area contributed by atoms with Gasteiger partial charge in [-0.15, -0.1) is 0 Å². The number of morpholine rings is 1. The third-order valence-corrected chi connectivity index (χ3v) is 6.93. The molecule has 0 aromatic carbocycles. The van der Waals surface area contributed by atoms with Crippen molar-refractivity contribution in [3.8, 4) is 11.9 Å². The van der Waals surface area contributed by atoms with Gasteiger partial charge < -0.3 is 19.7 Å². The average Bonchev–Trinajstić information content (AvgIpc) is 2.89. The van der Waals surface area contributed by atoms with Crippen molar-refractivity contribution < 1.29 is 17.9 Å². The zero-order valence-electron chi connectivity index (χ0n) is 20.4. The Labute approximate surface area is 215 Å². The van der Waals surface area contributed by atoms with Crippen LogP contribution in [0.15, 0.2) is 30.6 Å². The molecule has 2 N–H and O–H groups in total. The molecule has 0 radical (unpaired) electrons. The number of rotatable bonds is 7. The second kappa shape index (κ2) is 10.7. The lowest BCUT2D eigenvalue weighted by Crippen LogP contribution is -2.37. The topological polar surface area (TPSA) is 155 Å². The van der Waals surface area contributed by atoms with Crippen LogP contribution in [0.1, 0.15) is 31.4 Å². The van der Waals surface area contributed by atoms with E-state index in [9.17, 15) is 8.42 Å². The summed E-state index contributed by atoms with van der Waals surface area (Å²) in [6, 6.07) is 7.38. The molecule has 0 unspecified atom stereocenters. The van der Waals surface area contributed by atoms with Crippen LogP contribution in [-0.2, 0) is 14.8 Å². The summed E-state index contributed by atoms with van der Waals surface area (Å²) < 4.78 is 37.9. The number of fused-ring (bicyclic) bond motifs is 1. The molecule has 2 aliphatic rings. The van der Waals surface area contributed by atoms with Crippen LogP contribution >= 0.6 is 0 Å². The smallest absolute Gasteiger partial charge is 0.229 e. The van der Waals surface area contributed by atoms with Crippen molar-refractivity contribution in [2.75, 3.05) is 47.5 Å². The third kappa shape index (κ3) is 6.33. The Morgan fingerprint density at radius 3 is 2.65 bits per heavy atom. The normalized spacial score (nSPS) is 20.3. The first-order chi connectivity index (χ1) is 17.9. The van der Waals surface area contributed by atoms with E-state index in [1.165, 1.54) is 6.20 Å². The Bertz CT molecular complexity index is 1410. The molecule has 0 atom stereocenters. The highest BCUT2D eigenvalue weighted by Crippen LogP contribution is 2.33. The van der Waals surface area contributed by atoms with Crippen molar-refractivity contribution in [3.63, 3.8) is 0 Å². The van der Waals surface area contributed by atoms with Gasteiger partial charge in [-0.25, -0.2) is 18.4 Å². The molecule has 37 heavy (non-hydrogen) atoms. The quantitative estimate of drug-likeness (QED) is 0.467. The molecule has 5 rings (SSSR count). The van der Waals surface area contributed by atoms with Crippen LogP contribution in [0.3, 0.4) is 0 Å². The van der Waals surface area contributed by atoms with E-state index in [1.54, 1.807) is 18.3 Å². The fourth-order valence-electron chi connectivity index (χ4n) is 4.55. The average molecular weight is 525 g/mol. The van der Waals surface area contributed by atoms with Crippen LogP contribution < -0.4 is 19.7 Å². The summed E-state index contributed by atoms with van der Waals surface area (Å²) in [6.07, 6.45) is 7.35. The van der Waals surface area contributed by atoms with Gasteiger partial charge in [0.1, 0.15) is 23.7 Å². The lowest BCUT2D eigenvalue weighted by Gasteiger charge is -2.31. The van der Waals surface area contributed by atoms with Crippen molar-refractivity contribution in [3.05, 3.63) is 36.3 Å². The van der Waals surface area contributed by atoms with Gasteiger partial charge in [-0.05, 0) is 37.8 Å². The van der Waals surface area contributed by atoms with Crippen LogP contribution in [0.4, 0.5) is 17.5 Å². The Morgan fingerprint density at radius 2 is 1.92 bits per heavy atom. The summed E-state index contributed by atoms with van der Waals surface area (Å²) in [5.74, 6) is 1.64. The van der Waals surface area contributed by atoms with Crippen molar-refractivity contribution in [2.24, 2.45) is 0 Å². The molecule has 0 bridgehead atoms. The highest BCUT2D eigenvalue weighted by molar-refractivity contribution is 7.92. The number of hydrogen-bond donors (Lipinski definition) is 2. The first-order valence-electron chi connectivity index (χ1n) is 12.1. The van der Waals surface area contributed by atoms with Crippen molar-refractivity contribution >= 4 is 38.4 Å². The lowest BCUT2D eigenvalue weighted by molar-refractivity contribution is 0.122. The molecule has 1 aliphatic heterocycles. The van der Waals surface area contributed by atoms with E-state index in [2.05, 4.69) is 29.9 Å². The van der Waals surface area contributed by atoms with E-state index >= 15 is 0 Å². The van der Waals surface area contributed by atoms with Gasteiger partial charge in [-0.2, -0.15) is 10.2 Å². The summed E-state index contributed by atoms with van der Waals surface area (Å²) in [5.41, 5.74) is 1.36. The maximum absolute atomic E-state index is 11.8. The minimum atomic E-state index is -3.46. The first kappa shape index (κ1) is 24.9. The molecule has 13 heteroatoms. The van der Waals surface area contributed by atoms with Crippen LogP contribution in [-0.4, -0.2) is 73.1 Å². The van der Waals surface area contributed by atoms with E-state index in [4.69, 9.17) is 19.7 Å². The van der Waals surface area contributed by atoms with Crippen LogP contribution in [0.2, 0.25) is 0 Å².